The number of phosphoric ester groups is 1. The van der Waals surface area contributed by atoms with Crippen LogP contribution in [0.2, 0.25) is 0 Å². The zero-order valence-corrected chi connectivity index (χ0v) is 17.6. The van der Waals surface area contributed by atoms with Crippen molar-refractivity contribution in [2.24, 2.45) is 0 Å². The number of H-pyrrole nitrogens is 1. The second kappa shape index (κ2) is 8.68. The Kier molecular flexibility index (Phi) is 6.87. The van der Waals surface area contributed by atoms with Crippen molar-refractivity contribution in [3.05, 3.63) is 32.6 Å². The standard InChI is InChI=1S/C10H16FN2O15P3/c1-4-2-13(9(17)12-7(4)16)8-5(14)6(15)10(11,26-8)3-25-30(21,22)28-31(23,24)27-29(18,19)20/h2,5-6,8,14-15H,3H2,1H3,(H,21,22)(H,23,24)(H,12,16,17)(H2,18,19,20)/t5-,6+,8-,10-/m1/s1/i8D. The number of alkyl halides is 1. The van der Waals surface area contributed by atoms with Crippen molar-refractivity contribution < 1.29 is 67.1 Å². The summed E-state index contributed by atoms with van der Waals surface area (Å²) in [5.41, 5.74) is -2.44. The Morgan fingerprint density at radius 2 is 1.81 bits per heavy atom. The lowest BCUT2D eigenvalue weighted by Crippen LogP contribution is -2.43. The molecule has 7 N–H and O–H groups in total. The van der Waals surface area contributed by atoms with Crippen molar-refractivity contribution in [1.82, 2.24) is 9.55 Å². The van der Waals surface area contributed by atoms with Gasteiger partial charge in [-0.2, -0.15) is 8.62 Å². The molecule has 1 aliphatic heterocycles. The third-order valence-corrected chi connectivity index (χ3v) is 7.25. The lowest BCUT2D eigenvalue weighted by atomic mass is 10.1. The summed E-state index contributed by atoms with van der Waals surface area (Å²) in [5, 5.41) is 20.0. The van der Waals surface area contributed by atoms with E-state index in [2.05, 4.69) is 17.9 Å². The fourth-order valence-corrected chi connectivity index (χ4v) is 5.21. The van der Waals surface area contributed by atoms with Gasteiger partial charge in [0.25, 0.3) is 11.4 Å². The molecule has 1 aromatic rings. The number of aliphatic hydroxyl groups excluding tert-OH is 2. The van der Waals surface area contributed by atoms with Crippen LogP contribution >= 0.6 is 23.5 Å². The summed E-state index contributed by atoms with van der Waals surface area (Å²) in [4.78, 5) is 60.4. The van der Waals surface area contributed by atoms with E-state index in [1.807, 2.05) is 0 Å². The van der Waals surface area contributed by atoms with E-state index in [0.717, 1.165) is 0 Å². The first-order chi connectivity index (χ1) is 14.2. The predicted octanol–water partition coefficient (Wildman–Crippen LogP) is -1.90. The Bertz CT molecular complexity index is 1150. The molecule has 2 rings (SSSR count). The van der Waals surface area contributed by atoms with E-state index >= 15 is 4.39 Å². The van der Waals surface area contributed by atoms with Crippen LogP contribution in [0.4, 0.5) is 4.39 Å². The normalized spacial score (nSPS) is 33.5. The number of rotatable bonds is 8. The summed E-state index contributed by atoms with van der Waals surface area (Å²) >= 11 is 0. The number of nitrogens with zero attached hydrogens (tertiary/aromatic N) is 1. The first kappa shape index (κ1) is 24.5. The van der Waals surface area contributed by atoms with Gasteiger partial charge in [-0.1, -0.05) is 0 Å². The summed E-state index contributed by atoms with van der Waals surface area (Å²) in [6, 6.07) is 0. The molecule has 1 aromatic heterocycles. The molecule has 2 heterocycles. The van der Waals surface area contributed by atoms with Gasteiger partial charge in [0.1, 0.15) is 18.8 Å². The van der Waals surface area contributed by atoms with Crippen molar-refractivity contribution in [2.45, 2.75) is 31.2 Å². The molecule has 31 heavy (non-hydrogen) atoms. The molecule has 1 aliphatic rings. The van der Waals surface area contributed by atoms with Crippen LogP contribution in [0.5, 0.6) is 0 Å². The molecule has 0 radical (unpaired) electrons. The Hall–Kier alpha value is -1.10. The number of aromatic nitrogens is 2. The largest absolute Gasteiger partial charge is 0.490 e. The summed E-state index contributed by atoms with van der Waals surface area (Å²) < 4.78 is 72.2. The van der Waals surface area contributed by atoms with Gasteiger partial charge in [0, 0.05) is 11.8 Å². The molecule has 0 amide bonds. The molecular weight excluding hydrogens is 500 g/mol. The summed E-state index contributed by atoms with van der Waals surface area (Å²) in [6.07, 6.45) is -7.73. The van der Waals surface area contributed by atoms with Gasteiger partial charge in [0.05, 0.1) is 1.37 Å². The molecule has 21 heteroatoms. The molecule has 0 bridgehead atoms. The highest BCUT2D eigenvalue weighted by Gasteiger charge is 2.57. The second-order valence-electron chi connectivity index (χ2n) is 5.92. The van der Waals surface area contributed by atoms with Crippen LogP contribution in [0.3, 0.4) is 0 Å². The van der Waals surface area contributed by atoms with Gasteiger partial charge in [-0.25, -0.2) is 22.9 Å². The molecule has 0 aromatic carbocycles. The number of ether oxygens (including phenoxy) is 1. The Balaban J connectivity index is 2.26. The number of phosphoric acid groups is 3. The molecular formula is C10H16FN2O15P3. The van der Waals surface area contributed by atoms with Gasteiger partial charge in [-0.05, 0) is 6.92 Å². The number of hydrogen-bond acceptors (Lipinski definition) is 11. The molecule has 178 valence electrons. The van der Waals surface area contributed by atoms with Crippen LogP contribution < -0.4 is 11.2 Å². The first-order valence-electron chi connectivity index (χ1n) is 8.08. The summed E-state index contributed by atoms with van der Waals surface area (Å²) in [7, 11) is -17.5. The zero-order valence-electron chi connectivity index (χ0n) is 16.0. The third kappa shape index (κ3) is 6.46. The maximum Gasteiger partial charge on any atom is 0.490 e. The Labute approximate surface area is 171 Å². The number of hydrogen-bond donors (Lipinski definition) is 7. The van der Waals surface area contributed by atoms with Crippen molar-refractivity contribution in [3.63, 3.8) is 0 Å². The summed E-state index contributed by atoms with van der Waals surface area (Å²) in [6.45, 7) is -0.708. The first-order valence-corrected chi connectivity index (χ1v) is 12.1. The van der Waals surface area contributed by atoms with Gasteiger partial charge >= 0.3 is 29.2 Å². The highest BCUT2D eigenvalue weighted by molar-refractivity contribution is 7.66. The highest BCUT2D eigenvalue weighted by Crippen LogP contribution is 2.66. The van der Waals surface area contributed by atoms with E-state index in [9.17, 15) is 38.4 Å². The van der Waals surface area contributed by atoms with Crippen LogP contribution in [0.1, 0.15) is 13.1 Å². The van der Waals surface area contributed by atoms with E-state index in [-0.39, 0.29) is 10.1 Å². The van der Waals surface area contributed by atoms with Crippen LogP contribution in [-0.2, 0) is 31.6 Å². The van der Waals surface area contributed by atoms with Crippen LogP contribution in [0, 0.1) is 6.92 Å². The fraction of sp³-hybridized carbons (Fsp3) is 0.600. The minimum Gasteiger partial charge on any atom is -0.385 e. The van der Waals surface area contributed by atoms with Crippen LogP contribution in [-0.4, -0.2) is 64.0 Å². The molecule has 0 aliphatic carbocycles. The average molecular weight is 517 g/mol. The number of halogens is 1. The predicted molar refractivity (Wildman–Crippen MR) is 91.9 cm³/mol. The molecule has 1 saturated heterocycles. The number of aromatic amines is 1. The zero-order chi connectivity index (χ0) is 24.9. The fourth-order valence-electron chi connectivity index (χ4n) is 2.18. The molecule has 6 atom stereocenters. The smallest absolute Gasteiger partial charge is 0.385 e. The molecule has 0 spiro atoms. The SMILES string of the molecule is [2H][C@@]1(n2cc(C)c(=O)[nH]c2=O)O[C@](F)(COP(=O)(O)OP(=O)(O)OP(=O)(O)O)[C@@H](O)[C@H]1O. The topological polar surface area (TPSA) is 264 Å². The van der Waals surface area contributed by atoms with Crippen molar-refractivity contribution in [2.75, 3.05) is 6.61 Å². The minimum absolute atomic E-state index is 0.189. The Morgan fingerprint density at radius 3 is 2.35 bits per heavy atom. The lowest BCUT2D eigenvalue weighted by molar-refractivity contribution is -0.205. The number of aliphatic hydroxyl groups is 2. The van der Waals surface area contributed by atoms with Gasteiger partial charge < -0.3 is 34.5 Å². The maximum absolute atomic E-state index is 15.0. The van der Waals surface area contributed by atoms with Crippen molar-refractivity contribution >= 4 is 23.5 Å². The van der Waals surface area contributed by atoms with Gasteiger partial charge in [-0.15, -0.1) is 0 Å². The summed E-state index contributed by atoms with van der Waals surface area (Å²) in [5.74, 6) is -3.73. The monoisotopic (exact) mass is 517 g/mol. The number of aryl methyl sites for hydroxylation is 1. The Morgan fingerprint density at radius 1 is 1.23 bits per heavy atom. The quantitative estimate of drug-likeness (QED) is 0.186. The van der Waals surface area contributed by atoms with Gasteiger partial charge in [0.15, 0.2) is 6.20 Å². The third-order valence-electron chi connectivity index (χ3n) is 3.47. The van der Waals surface area contributed by atoms with E-state index in [4.69, 9.17) is 16.1 Å². The van der Waals surface area contributed by atoms with Crippen LogP contribution in [0.15, 0.2) is 15.8 Å². The van der Waals surface area contributed by atoms with E-state index in [1.54, 1.807) is 4.98 Å². The maximum atomic E-state index is 15.0. The second-order valence-corrected chi connectivity index (χ2v) is 10.3. The lowest BCUT2D eigenvalue weighted by Gasteiger charge is -2.24. The average Bonchev–Trinajstić information content (AvgIpc) is 2.75. The van der Waals surface area contributed by atoms with Crippen molar-refractivity contribution in [3.8, 4) is 0 Å². The van der Waals surface area contributed by atoms with E-state index in [1.165, 1.54) is 6.92 Å². The van der Waals surface area contributed by atoms with Crippen LogP contribution in [0.25, 0.3) is 0 Å². The van der Waals surface area contributed by atoms with E-state index < -0.39 is 65.6 Å². The molecule has 17 nitrogen and oxygen atoms in total. The molecule has 2 unspecified atom stereocenters. The molecule has 1 fully saturated rings. The molecule has 0 saturated carbocycles. The minimum atomic E-state index is -5.93. The van der Waals surface area contributed by atoms with E-state index in [0.29, 0.717) is 6.20 Å². The number of nitrogens with one attached hydrogen (secondary N) is 1. The van der Waals surface area contributed by atoms with Gasteiger partial charge in [-0.3, -0.25) is 18.9 Å². The highest BCUT2D eigenvalue weighted by atomic mass is 31.3. The van der Waals surface area contributed by atoms with Crippen molar-refractivity contribution in [1.29, 1.82) is 0 Å². The van der Waals surface area contributed by atoms with Gasteiger partial charge in [0.2, 0.25) is 0 Å².